The van der Waals surface area contributed by atoms with E-state index in [9.17, 15) is 4.79 Å². The molecule has 0 aromatic carbocycles. The van der Waals surface area contributed by atoms with Gasteiger partial charge in [-0.25, -0.2) is 0 Å². The Hall–Kier alpha value is -1.83. The number of hydrogen-bond donors (Lipinski definition) is 1. The number of aryl methyl sites for hydroxylation is 2. The molecule has 0 radical (unpaired) electrons. The van der Waals surface area contributed by atoms with Gasteiger partial charge >= 0.3 is 0 Å². The van der Waals surface area contributed by atoms with E-state index in [4.69, 9.17) is 5.26 Å². The highest BCUT2D eigenvalue weighted by atomic mass is 16.2. The molecule has 1 aliphatic carbocycles. The lowest BCUT2D eigenvalue weighted by atomic mass is 10.1. The summed E-state index contributed by atoms with van der Waals surface area (Å²) in [5, 5.41) is 16.2. The molecule has 2 unspecified atom stereocenters. The van der Waals surface area contributed by atoms with Crippen LogP contribution in [0.1, 0.15) is 42.4 Å². The molecule has 0 saturated heterocycles. The van der Waals surface area contributed by atoms with Crippen molar-refractivity contribution < 1.29 is 4.79 Å². The molecule has 1 heterocycles. The standard InChI is InChI=1S/C13H18N4O/c1-3-17-12(7-9(2)16-17)13(18)15-11-6-4-5-10(11)8-14/h7,10-11H,3-6H2,1-2H3,(H,15,18). The Labute approximate surface area is 107 Å². The van der Waals surface area contributed by atoms with Gasteiger partial charge in [0.2, 0.25) is 0 Å². The Balaban J connectivity index is 2.10. The predicted octanol–water partition coefficient (Wildman–Crippen LogP) is 1.63. The number of nitrogens with zero attached hydrogens (tertiary/aromatic N) is 3. The van der Waals surface area contributed by atoms with Crippen molar-refractivity contribution in [3.05, 3.63) is 17.5 Å². The zero-order valence-electron chi connectivity index (χ0n) is 10.8. The smallest absolute Gasteiger partial charge is 0.269 e. The predicted molar refractivity (Wildman–Crippen MR) is 66.8 cm³/mol. The molecule has 1 fully saturated rings. The van der Waals surface area contributed by atoms with Gasteiger partial charge in [0.05, 0.1) is 17.7 Å². The number of carbonyl (C=O) groups is 1. The zero-order chi connectivity index (χ0) is 13.1. The second-order valence-corrected chi connectivity index (χ2v) is 4.73. The molecule has 2 rings (SSSR count). The number of carbonyl (C=O) groups excluding carboxylic acids is 1. The molecule has 0 bridgehead atoms. The van der Waals surface area contributed by atoms with Gasteiger partial charge in [-0.05, 0) is 39.2 Å². The first-order valence-electron chi connectivity index (χ1n) is 6.40. The van der Waals surface area contributed by atoms with Crippen LogP contribution in [0.5, 0.6) is 0 Å². The van der Waals surface area contributed by atoms with Gasteiger partial charge in [0.15, 0.2) is 0 Å². The second kappa shape index (κ2) is 5.21. The van der Waals surface area contributed by atoms with Crippen molar-refractivity contribution in [2.24, 2.45) is 5.92 Å². The minimum absolute atomic E-state index is 0.0111. The Bertz CT molecular complexity index is 486. The molecule has 1 aliphatic rings. The maximum atomic E-state index is 12.2. The maximum absolute atomic E-state index is 12.2. The van der Waals surface area contributed by atoms with Crippen LogP contribution in [0.25, 0.3) is 0 Å². The van der Waals surface area contributed by atoms with E-state index in [0.29, 0.717) is 12.2 Å². The van der Waals surface area contributed by atoms with Gasteiger partial charge in [0, 0.05) is 12.6 Å². The molecule has 96 valence electrons. The third-order valence-electron chi connectivity index (χ3n) is 3.43. The molecule has 2 atom stereocenters. The lowest BCUT2D eigenvalue weighted by Crippen LogP contribution is -2.37. The molecular weight excluding hydrogens is 228 g/mol. The van der Waals surface area contributed by atoms with Crippen LogP contribution in [0, 0.1) is 24.2 Å². The summed E-state index contributed by atoms with van der Waals surface area (Å²) >= 11 is 0. The molecule has 1 aromatic heterocycles. The van der Waals surface area contributed by atoms with E-state index in [0.717, 1.165) is 25.0 Å². The fourth-order valence-electron chi connectivity index (χ4n) is 2.50. The van der Waals surface area contributed by atoms with Crippen LogP contribution in [0.2, 0.25) is 0 Å². The third-order valence-corrected chi connectivity index (χ3v) is 3.43. The van der Waals surface area contributed by atoms with Crippen molar-refractivity contribution >= 4 is 5.91 Å². The van der Waals surface area contributed by atoms with Crippen LogP contribution in [0.4, 0.5) is 0 Å². The molecule has 0 spiro atoms. The Morgan fingerprint density at radius 2 is 2.44 bits per heavy atom. The van der Waals surface area contributed by atoms with Crippen molar-refractivity contribution in [2.75, 3.05) is 0 Å². The number of nitrogens with one attached hydrogen (secondary N) is 1. The number of aromatic nitrogens is 2. The maximum Gasteiger partial charge on any atom is 0.269 e. The van der Waals surface area contributed by atoms with Crippen LogP contribution in [0.3, 0.4) is 0 Å². The summed E-state index contributed by atoms with van der Waals surface area (Å²) < 4.78 is 1.70. The SMILES string of the molecule is CCn1nc(C)cc1C(=O)NC1CCCC1C#N. The molecule has 5 heteroatoms. The van der Waals surface area contributed by atoms with Crippen LogP contribution < -0.4 is 5.32 Å². The van der Waals surface area contributed by atoms with Crippen LogP contribution in [0.15, 0.2) is 6.07 Å². The molecular formula is C13H18N4O. The highest BCUT2D eigenvalue weighted by molar-refractivity contribution is 5.92. The first-order valence-corrected chi connectivity index (χ1v) is 6.40. The molecule has 0 aliphatic heterocycles. The molecule has 18 heavy (non-hydrogen) atoms. The largest absolute Gasteiger partial charge is 0.347 e. The summed E-state index contributed by atoms with van der Waals surface area (Å²) in [6, 6.07) is 4.04. The summed E-state index contributed by atoms with van der Waals surface area (Å²) in [5.74, 6) is -0.169. The summed E-state index contributed by atoms with van der Waals surface area (Å²) in [6.07, 6.45) is 2.78. The monoisotopic (exact) mass is 246 g/mol. The lowest BCUT2D eigenvalue weighted by molar-refractivity contribution is 0.0922. The molecule has 1 aromatic rings. The number of amides is 1. The number of nitriles is 1. The van der Waals surface area contributed by atoms with Crippen LogP contribution >= 0.6 is 0 Å². The van der Waals surface area contributed by atoms with Crippen molar-refractivity contribution in [1.82, 2.24) is 15.1 Å². The van der Waals surface area contributed by atoms with Gasteiger partial charge in [0.25, 0.3) is 5.91 Å². The summed E-state index contributed by atoms with van der Waals surface area (Å²) in [6.45, 7) is 4.50. The topological polar surface area (TPSA) is 70.7 Å². The Morgan fingerprint density at radius 1 is 1.67 bits per heavy atom. The average Bonchev–Trinajstić information content (AvgIpc) is 2.94. The second-order valence-electron chi connectivity index (χ2n) is 4.73. The molecule has 1 N–H and O–H groups in total. The Morgan fingerprint density at radius 3 is 3.11 bits per heavy atom. The van der Waals surface area contributed by atoms with E-state index in [2.05, 4.69) is 16.5 Å². The first-order chi connectivity index (χ1) is 8.65. The van der Waals surface area contributed by atoms with Gasteiger partial charge in [-0.2, -0.15) is 10.4 Å². The average molecular weight is 246 g/mol. The van der Waals surface area contributed by atoms with Gasteiger partial charge in [0.1, 0.15) is 5.69 Å². The van der Waals surface area contributed by atoms with E-state index in [1.807, 2.05) is 13.8 Å². The number of hydrogen-bond acceptors (Lipinski definition) is 3. The van der Waals surface area contributed by atoms with E-state index in [-0.39, 0.29) is 17.9 Å². The summed E-state index contributed by atoms with van der Waals surface area (Å²) in [7, 11) is 0. The van der Waals surface area contributed by atoms with Gasteiger partial charge in [-0.1, -0.05) is 0 Å². The summed E-state index contributed by atoms with van der Waals surface area (Å²) in [4.78, 5) is 12.2. The molecule has 1 amide bonds. The normalized spacial score (nSPS) is 22.7. The fraction of sp³-hybridized carbons (Fsp3) is 0.615. The van der Waals surface area contributed by atoms with Gasteiger partial charge in [-0.3, -0.25) is 9.48 Å². The van der Waals surface area contributed by atoms with Gasteiger partial charge in [-0.15, -0.1) is 0 Å². The highest BCUT2D eigenvalue weighted by Crippen LogP contribution is 2.25. The molecule has 1 saturated carbocycles. The van der Waals surface area contributed by atoms with E-state index in [1.54, 1.807) is 10.7 Å². The van der Waals surface area contributed by atoms with Crippen LogP contribution in [-0.2, 0) is 6.54 Å². The Kier molecular flexibility index (Phi) is 3.66. The van der Waals surface area contributed by atoms with Crippen molar-refractivity contribution in [1.29, 1.82) is 5.26 Å². The van der Waals surface area contributed by atoms with E-state index < -0.39 is 0 Å². The van der Waals surface area contributed by atoms with Crippen molar-refractivity contribution in [3.63, 3.8) is 0 Å². The third kappa shape index (κ3) is 2.37. The zero-order valence-corrected chi connectivity index (χ0v) is 10.8. The van der Waals surface area contributed by atoms with Crippen LogP contribution in [-0.4, -0.2) is 21.7 Å². The van der Waals surface area contributed by atoms with Crippen molar-refractivity contribution in [2.45, 2.75) is 45.7 Å². The first kappa shape index (κ1) is 12.6. The molecule has 5 nitrogen and oxygen atoms in total. The lowest BCUT2D eigenvalue weighted by Gasteiger charge is -2.15. The minimum atomic E-state index is -0.121. The highest BCUT2D eigenvalue weighted by Gasteiger charge is 2.29. The van der Waals surface area contributed by atoms with Crippen molar-refractivity contribution in [3.8, 4) is 6.07 Å². The summed E-state index contributed by atoms with van der Waals surface area (Å²) in [5.41, 5.74) is 1.42. The minimum Gasteiger partial charge on any atom is -0.347 e. The van der Waals surface area contributed by atoms with E-state index >= 15 is 0 Å². The number of rotatable bonds is 3. The van der Waals surface area contributed by atoms with E-state index in [1.165, 1.54) is 0 Å². The van der Waals surface area contributed by atoms with Gasteiger partial charge < -0.3 is 5.32 Å². The quantitative estimate of drug-likeness (QED) is 0.881. The fourth-order valence-corrected chi connectivity index (χ4v) is 2.50.